The van der Waals surface area contributed by atoms with E-state index < -0.39 is 5.91 Å². The van der Waals surface area contributed by atoms with Crippen LogP contribution in [0.4, 0.5) is 0 Å². The summed E-state index contributed by atoms with van der Waals surface area (Å²) >= 11 is 1.22. The van der Waals surface area contributed by atoms with Crippen molar-refractivity contribution in [1.82, 2.24) is 4.98 Å². The molecule has 0 atom stereocenters. The molecular weight excluding hydrogens is 200 g/mol. The number of amides is 1. The Hall–Kier alpha value is -1.62. The lowest BCUT2D eigenvalue weighted by molar-refractivity contribution is 0.1000. The Kier molecular flexibility index (Phi) is 2.09. The van der Waals surface area contributed by atoms with Crippen LogP contribution in [0.2, 0.25) is 0 Å². The fourth-order valence-corrected chi connectivity index (χ4v) is 1.73. The summed E-state index contributed by atoms with van der Waals surface area (Å²) in [6.45, 7) is 1.85. The normalized spacial score (nSPS) is 10.4. The molecule has 0 saturated heterocycles. The van der Waals surface area contributed by atoms with Crippen molar-refractivity contribution in [1.29, 1.82) is 0 Å². The molecule has 0 aliphatic carbocycles. The highest BCUT2D eigenvalue weighted by atomic mass is 32.1. The van der Waals surface area contributed by atoms with Crippen LogP contribution in [-0.4, -0.2) is 10.9 Å². The van der Waals surface area contributed by atoms with E-state index in [1.54, 1.807) is 5.38 Å². The number of nitrogens with two attached hydrogens (primary N) is 1. The van der Waals surface area contributed by atoms with Crippen molar-refractivity contribution >= 4 is 17.2 Å². The Bertz CT molecular complexity index is 473. The lowest BCUT2D eigenvalue weighted by Gasteiger charge is -1.88. The van der Waals surface area contributed by atoms with Gasteiger partial charge in [0.1, 0.15) is 11.5 Å². The number of thiazole rings is 1. The van der Waals surface area contributed by atoms with Crippen LogP contribution in [-0.2, 0) is 0 Å². The van der Waals surface area contributed by atoms with E-state index in [1.807, 2.05) is 19.1 Å². The van der Waals surface area contributed by atoms with Crippen LogP contribution in [0.5, 0.6) is 0 Å². The summed E-state index contributed by atoms with van der Waals surface area (Å²) in [5.74, 6) is 0.962. The molecule has 2 aromatic rings. The highest BCUT2D eigenvalue weighted by Crippen LogP contribution is 2.23. The quantitative estimate of drug-likeness (QED) is 0.818. The van der Waals surface area contributed by atoms with Gasteiger partial charge < -0.3 is 10.2 Å². The van der Waals surface area contributed by atoms with E-state index in [4.69, 9.17) is 10.2 Å². The molecule has 0 radical (unpaired) electrons. The molecule has 0 fully saturated rings. The van der Waals surface area contributed by atoms with Crippen molar-refractivity contribution in [2.75, 3.05) is 0 Å². The van der Waals surface area contributed by atoms with Gasteiger partial charge in [-0.15, -0.1) is 11.3 Å². The Morgan fingerprint density at radius 1 is 1.57 bits per heavy atom. The molecule has 5 heteroatoms. The number of aryl methyl sites for hydroxylation is 1. The molecule has 2 N–H and O–H groups in total. The molecule has 0 aromatic carbocycles. The van der Waals surface area contributed by atoms with Gasteiger partial charge in [-0.1, -0.05) is 0 Å². The maximum Gasteiger partial charge on any atom is 0.277 e. The van der Waals surface area contributed by atoms with Crippen molar-refractivity contribution < 1.29 is 9.21 Å². The lowest BCUT2D eigenvalue weighted by Crippen LogP contribution is -2.09. The van der Waals surface area contributed by atoms with Crippen LogP contribution in [0.15, 0.2) is 21.9 Å². The van der Waals surface area contributed by atoms with E-state index in [0.717, 1.165) is 5.76 Å². The molecule has 2 rings (SSSR count). The number of carbonyl (C=O) groups is 1. The smallest absolute Gasteiger partial charge is 0.277 e. The first-order valence-electron chi connectivity index (χ1n) is 3.99. The zero-order valence-electron chi connectivity index (χ0n) is 7.48. The molecule has 4 nitrogen and oxygen atoms in total. The number of furan rings is 1. The van der Waals surface area contributed by atoms with Gasteiger partial charge in [-0.05, 0) is 19.1 Å². The minimum absolute atomic E-state index is 0.300. The molecule has 0 saturated carbocycles. The van der Waals surface area contributed by atoms with Gasteiger partial charge in [0.05, 0.1) is 0 Å². The van der Waals surface area contributed by atoms with Crippen LogP contribution in [0, 0.1) is 6.92 Å². The highest BCUT2D eigenvalue weighted by Gasteiger charge is 2.10. The Morgan fingerprint density at radius 2 is 2.36 bits per heavy atom. The van der Waals surface area contributed by atoms with Gasteiger partial charge in [-0.3, -0.25) is 4.79 Å². The number of nitrogens with zero attached hydrogens (tertiary/aromatic N) is 1. The van der Waals surface area contributed by atoms with E-state index in [2.05, 4.69) is 4.98 Å². The molecule has 14 heavy (non-hydrogen) atoms. The third kappa shape index (κ3) is 1.54. The molecule has 1 amide bonds. The summed E-state index contributed by atoms with van der Waals surface area (Å²) in [6, 6.07) is 3.66. The minimum atomic E-state index is -0.510. The summed E-state index contributed by atoms with van der Waals surface area (Å²) in [4.78, 5) is 14.8. The molecule has 0 bridgehead atoms. The summed E-state index contributed by atoms with van der Waals surface area (Å²) in [6.07, 6.45) is 0. The molecule has 0 aliphatic heterocycles. The van der Waals surface area contributed by atoms with Crippen LogP contribution < -0.4 is 5.73 Å². The van der Waals surface area contributed by atoms with E-state index in [0.29, 0.717) is 16.5 Å². The fourth-order valence-electron chi connectivity index (χ4n) is 1.07. The van der Waals surface area contributed by atoms with Gasteiger partial charge in [-0.25, -0.2) is 4.98 Å². The Morgan fingerprint density at radius 3 is 2.86 bits per heavy atom. The molecule has 0 spiro atoms. The molecular formula is C9H8N2O2S. The highest BCUT2D eigenvalue weighted by molar-refractivity contribution is 7.12. The van der Waals surface area contributed by atoms with Gasteiger partial charge >= 0.3 is 0 Å². The molecule has 2 heterocycles. The van der Waals surface area contributed by atoms with Crippen molar-refractivity contribution in [3.05, 3.63) is 28.3 Å². The Balaban J connectivity index is 2.38. The van der Waals surface area contributed by atoms with E-state index >= 15 is 0 Å². The molecule has 0 aliphatic rings. The number of primary amides is 1. The minimum Gasteiger partial charge on any atom is -0.460 e. The standard InChI is InChI=1S/C9H8N2O2S/c1-5-2-3-7(13-5)6-4-14-9(11-6)8(10)12/h2-4H,1H3,(H2,10,12). The zero-order chi connectivity index (χ0) is 10.1. The second-order valence-electron chi connectivity index (χ2n) is 2.81. The third-order valence-corrected chi connectivity index (χ3v) is 2.56. The van der Waals surface area contributed by atoms with Crippen molar-refractivity contribution in [2.24, 2.45) is 5.73 Å². The summed E-state index contributed by atoms with van der Waals surface area (Å²) in [5, 5.41) is 2.05. The van der Waals surface area contributed by atoms with Gasteiger partial charge in [-0.2, -0.15) is 0 Å². The average Bonchev–Trinajstić information content (AvgIpc) is 2.70. The number of hydrogen-bond donors (Lipinski definition) is 1. The molecule has 2 aromatic heterocycles. The molecule has 0 unspecified atom stereocenters. The van der Waals surface area contributed by atoms with Crippen LogP contribution >= 0.6 is 11.3 Å². The third-order valence-electron chi connectivity index (χ3n) is 1.71. The fraction of sp³-hybridized carbons (Fsp3) is 0.111. The topological polar surface area (TPSA) is 69.1 Å². The second-order valence-corrected chi connectivity index (χ2v) is 3.67. The van der Waals surface area contributed by atoms with E-state index in [9.17, 15) is 4.79 Å². The van der Waals surface area contributed by atoms with Crippen molar-refractivity contribution in [3.63, 3.8) is 0 Å². The van der Waals surface area contributed by atoms with Gasteiger partial charge in [0, 0.05) is 5.38 Å². The number of hydrogen-bond acceptors (Lipinski definition) is 4. The van der Waals surface area contributed by atoms with Crippen molar-refractivity contribution in [2.45, 2.75) is 6.92 Å². The number of rotatable bonds is 2. The number of aromatic nitrogens is 1. The maximum atomic E-state index is 10.8. The van der Waals surface area contributed by atoms with E-state index in [1.165, 1.54) is 11.3 Å². The zero-order valence-corrected chi connectivity index (χ0v) is 8.30. The lowest BCUT2D eigenvalue weighted by atomic mass is 10.3. The van der Waals surface area contributed by atoms with E-state index in [-0.39, 0.29) is 0 Å². The maximum absolute atomic E-state index is 10.8. The predicted octanol–water partition coefficient (Wildman–Crippen LogP) is 1.81. The van der Waals surface area contributed by atoms with Crippen LogP contribution in [0.3, 0.4) is 0 Å². The first kappa shape index (κ1) is 8.96. The van der Waals surface area contributed by atoms with Gasteiger partial charge in [0.2, 0.25) is 0 Å². The van der Waals surface area contributed by atoms with Crippen LogP contribution in [0.25, 0.3) is 11.5 Å². The first-order chi connectivity index (χ1) is 6.66. The first-order valence-corrected chi connectivity index (χ1v) is 4.87. The average molecular weight is 208 g/mol. The summed E-state index contributed by atoms with van der Waals surface area (Å²) in [5.41, 5.74) is 5.74. The second kappa shape index (κ2) is 3.26. The largest absolute Gasteiger partial charge is 0.460 e. The summed E-state index contributed by atoms with van der Waals surface area (Å²) in [7, 11) is 0. The van der Waals surface area contributed by atoms with Crippen LogP contribution in [0.1, 0.15) is 15.6 Å². The monoisotopic (exact) mass is 208 g/mol. The number of carbonyl (C=O) groups excluding carboxylic acids is 1. The molecule has 72 valence electrons. The predicted molar refractivity (Wildman–Crippen MR) is 53.1 cm³/mol. The Labute approximate surface area is 84.4 Å². The van der Waals surface area contributed by atoms with Crippen molar-refractivity contribution in [3.8, 4) is 11.5 Å². The summed E-state index contributed by atoms with van der Waals surface area (Å²) < 4.78 is 5.35. The van der Waals surface area contributed by atoms with Gasteiger partial charge in [0.15, 0.2) is 10.8 Å². The SMILES string of the molecule is Cc1ccc(-c2csc(C(N)=O)n2)o1. The van der Waals surface area contributed by atoms with Gasteiger partial charge in [0.25, 0.3) is 5.91 Å².